The average Bonchev–Trinajstić information content (AvgIpc) is 2.30. The molecular formula is C17H35NO. The van der Waals surface area contributed by atoms with Gasteiger partial charge in [0, 0.05) is 12.1 Å². The van der Waals surface area contributed by atoms with Crippen LogP contribution >= 0.6 is 0 Å². The van der Waals surface area contributed by atoms with Crippen molar-refractivity contribution in [3.63, 3.8) is 0 Å². The molecule has 0 saturated heterocycles. The zero-order chi connectivity index (χ0) is 14.5. The van der Waals surface area contributed by atoms with Crippen LogP contribution in [0.2, 0.25) is 0 Å². The maximum Gasteiger partial charge on any atom is 0.0810 e. The lowest BCUT2D eigenvalue weighted by molar-refractivity contribution is -0.115. The van der Waals surface area contributed by atoms with Gasteiger partial charge in [-0.2, -0.15) is 0 Å². The zero-order valence-electron chi connectivity index (χ0n) is 14.0. The molecule has 1 unspecified atom stereocenters. The molecule has 0 radical (unpaired) electrons. The summed E-state index contributed by atoms with van der Waals surface area (Å²) in [6.07, 6.45) is 7.82. The molecule has 0 amide bonds. The third-order valence-electron chi connectivity index (χ3n) is 4.27. The minimum atomic E-state index is 0.0778. The molecule has 0 heterocycles. The SMILES string of the molecule is CCCC(C)OC1(CNC(C)(C)C)CCC(C)CC1. The standard InChI is InChI=1S/C17H35NO/c1-7-8-15(3)19-17(13-18-16(4,5)6)11-9-14(2)10-12-17/h14-15,18H,7-13H2,1-6H3. The Morgan fingerprint density at radius 2 is 1.84 bits per heavy atom. The maximum absolute atomic E-state index is 6.50. The summed E-state index contributed by atoms with van der Waals surface area (Å²) in [6, 6.07) is 0. The van der Waals surface area contributed by atoms with Crippen molar-refractivity contribution in [2.45, 2.75) is 97.3 Å². The van der Waals surface area contributed by atoms with Crippen LogP contribution in [-0.2, 0) is 4.74 Å². The fourth-order valence-corrected chi connectivity index (χ4v) is 2.94. The highest BCUT2D eigenvalue weighted by Gasteiger charge is 2.37. The Bertz CT molecular complexity index is 248. The lowest BCUT2D eigenvalue weighted by Gasteiger charge is -2.43. The van der Waals surface area contributed by atoms with E-state index in [4.69, 9.17) is 4.74 Å². The highest BCUT2D eigenvalue weighted by Crippen LogP contribution is 2.36. The molecule has 1 fully saturated rings. The lowest BCUT2D eigenvalue weighted by Crippen LogP contribution is -2.51. The Morgan fingerprint density at radius 3 is 2.32 bits per heavy atom. The lowest BCUT2D eigenvalue weighted by atomic mass is 9.79. The van der Waals surface area contributed by atoms with E-state index in [1.54, 1.807) is 0 Å². The van der Waals surface area contributed by atoms with E-state index >= 15 is 0 Å². The minimum absolute atomic E-state index is 0.0778. The van der Waals surface area contributed by atoms with Crippen LogP contribution in [0.15, 0.2) is 0 Å². The van der Waals surface area contributed by atoms with E-state index in [0.29, 0.717) is 6.10 Å². The summed E-state index contributed by atoms with van der Waals surface area (Å²) < 4.78 is 6.50. The van der Waals surface area contributed by atoms with Gasteiger partial charge in [-0.15, -0.1) is 0 Å². The predicted molar refractivity (Wildman–Crippen MR) is 83.6 cm³/mol. The minimum Gasteiger partial charge on any atom is -0.371 e. The second kappa shape index (κ2) is 7.08. The maximum atomic E-state index is 6.50. The van der Waals surface area contributed by atoms with Crippen LogP contribution in [0.25, 0.3) is 0 Å². The molecule has 19 heavy (non-hydrogen) atoms. The van der Waals surface area contributed by atoms with Gasteiger partial charge in [0.2, 0.25) is 0 Å². The van der Waals surface area contributed by atoms with Gasteiger partial charge < -0.3 is 10.1 Å². The fraction of sp³-hybridized carbons (Fsp3) is 1.00. The molecule has 0 aromatic rings. The number of hydrogen-bond acceptors (Lipinski definition) is 2. The molecule has 1 saturated carbocycles. The van der Waals surface area contributed by atoms with Crippen molar-refractivity contribution < 1.29 is 4.74 Å². The Labute approximate surface area is 120 Å². The van der Waals surface area contributed by atoms with Gasteiger partial charge in [0.1, 0.15) is 0 Å². The Hall–Kier alpha value is -0.0800. The van der Waals surface area contributed by atoms with Crippen molar-refractivity contribution in [1.29, 1.82) is 0 Å². The summed E-state index contributed by atoms with van der Waals surface area (Å²) in [6.45, 7) is 14.6. The Balaban J connectivity index is 2.62. The second-order valence-electron chi connectivity index (χ2n) is 7.69. The molecule has 1 atom stereocenters. The molecule has 0 aromatic heterocycles. The summed E-state index contributed by atoms with van der Waals surface area (Å²) in [5.74, 6) is 0.868. The van der Waals surface area contributed by atoms with Crippen molar-refractivity contribution in [3.8, 4) is 0 Å². The first kappa shape index (κ1) is 17.0. The van der Waals surface area contributed by atoms with E-state index < -0.39 is 0 Å². The van der Waals surface area contributed by atoms with Crippen molar-refractivity contribution in [2.24, 2.45) is 5.92 Å². The van der Waals surface area contributed by atoms with Crippen LogP contribution in [0, 0.1) is 5.92 Å². The average molecular weight is 269 g/mol. The van der Waals surface area contributed by atoms with Crippen molar-refractivity contribution >= 4 is 0 Å². The van der Waals surface area contributed by atoms with Crippen LogP contribution in [-0.4, -0.2) is 23.8 Å². The molecule has 0 aromatic carbocycles. The highest BCUT2D eigenvalue weighted by atomic mass is 16.5. The number of nitrogens with one attached hydrogen (secondary N) is 1. The largest absolute Gasteiger partial charge is 0.371 e. The number of rotatable bonds is 6. The van der Waals surface area contributed by atoms with E-state index in [-0.39, 0.29) is 11.1 Å². The molecule has 114 valence electrons. The molecular weight excluding hydrogens is 234 g/mol. The van der Waals surface area contributed by atoms with E-state index in [2.05, 4.69) is 46.9 Å². The van der Waals surface area contributed by atoms with Gasteiger partial charge in [-0.1, -0.05) is 20.3 Å². The van der Waals surface area contributed by atoms with Gasteiger partial charge >= 0.3 is 0 Å². The van der Waals surface area contributed by atoms with Crippen LogP contribution in [0.1, 0.15) is 80.1 Å². The highest BCUT2D eigenvalue weighted by molar-refractivity contribution is 4.91. The smallest absolute Gasteiger partial charge is 0.0810 e. The zero-order valence-corrected chi connectivity index (χ0v) is 14.0. The van der Waals surface area contributed by atoms with Crippen LogP contribution in [0.5, 0.6) is 0 Å². The molecule has 2 nitrogen and oxygen atoms in total. The van der Waals surface area contributed by atoms with Gasteiger partial charge in [-0.25, -0.2) is 0 Å². The molecule has 0 bridgehead atoms. The predicted octanol–water partition coefficient (Wildman–Crippen LogP) is 4.53. The summed E-state index contributed by atoms with van der Waals surface area (Å²) in [5.41, 5.74) is 0.252. The van der Waals surface area contributed by atoms with Gasteiger partial charge in [0.25, 0.3) is 0 Å². The van der Waals surface area contributed by atoms with Crippen molar-refractivity contribution in [1.82, 2.24) is 5.32 Å². The molecule has 1 aliphatic rings. The monoisotopic (exact) mass is 269 g/mol. The van der Waals surface area contributed by atoms with E-state index in [1.165, 1.54) is 38.5 Å². The van der Waals surface area contributed by atoms with Gasteiger partial charge in [-0.3, -0.25) is 0 Å². The van der Waals surface area contributed by atoms with Gasteiger partial charge in [0.05, 0.1) is 11.7 Å². The van der Waals surface area contributed by atoms with Crippen LogP contribution in [0.3, 0.4) is 0 Å². The molecule has 0 spiro atoms. The van der Waals surface area contributed by atoms with Crippen molar-refractivity contribution in [2.75, 3.05) is 6.54 Å². The first-order valence-corrected chi connectivity index (χ1v) is 8.19. The first-order valence-electron chi connectivity index (χ1n) is 8.19. The van der Waals surface area contributed by atoms with E-state index in [1.807, 2.05) is 0 Å². The quantitative estimate of drug-likeness (QED) is 0.765. The summed E-state index contributed by atoms with van der Waals surface area (Å²) >= 11 is 0. The molecule has 2 heteroatoms. The van der Waals surface area contributed by atoms with Gasteiger partial charge in [0.15, 0.2) is 0 Å². The summed E-state index contributed by atoms with van der Waals surface area (Å²) in [5, 5.41) is 3.67. The molecule has 1 aliphatic carbocycles. The molecule has 0 aliphatic heterocycles. The normalized spacial score (nSPS) is 30.3. The van der Waals surface area contributed by atoms with Gasteiger partial charge in [-0.05, 0) is 65.7 Å². The third-order valence-corrected chi connectivity index (χ3v) is 4.27. The summed E-state index contributed by atoms with van der Waals surface area (Å²) in [7, 11) is 0. The topological polar surface area (TPSA) is 21.3 Å². The molecule has 1 N–H and O–H groups in total. The van der Waals surface area contributed by atoms with Crippen LogP contribution in [0.4, 0.5) is 0 Å². The number of hydrogen-bond donors (Lipinski definition) is 1. The molecule has 1 rings (SSSR count). The Morgan fingerprint density at radius 1 is 1.26 bits per heavy atom. The van der Waals surface area contributed by atoms with E-state index in [0.717, 1.165) is 12.5 Å². The summed E-state index contributed by atoms with van der Waals surface area (Å²) in [4.78, 5) is 0. The van der Waals surface area contributed by atoms with E-state index in [9.17, 15) is 0 Å². The Kier molecular flexibility index (Phi) is 6.32. The first-order chi connectivity index (χ1) is 8.76. The third kappa shape index (κ3) is 6.27. The van der Waals surface area contributed by atoms with Crippen molar-refractivity contribution in [3.05, 3.63) is 0 Å². The fourth-order valence-electron chi connectivity index (χ4n) is 2.94. The van der Waals surface area contributed by atoms with Crippen LogP contribution < -0.4 is 5.32 Å². The second-order valence-corrected chi connectivity index (χ2v) is 7.69. The number of ether oxygens (including phenoxy) is 1.